The first kappa shape index (κ1) is 108. The number of nitrogens with zero attached hydrogens (tertiary/aromatic N) is 1. The summed E-state index contributed by atoms with van der Waals surface area (Å²) >= 11 is 0. The summed E-state index contributed by atoms with van der Waals surface area (Å²) in [5.74, 6) is -17.9. The fraction of sp³-hybridized carbons (Fsp3) is 0.750. The normalized spacial score (nSPS) is 15.4. The first-order valence-corrected chi connectivity index (χ1v) is 40.9. The van der Waals surface area contributed by atoms with Gasteiger partial charge in [0.2, 0.25) is 118 Å². The highest BCUT2D eigenvalue weighted by atomic mass is 16.3. The zero-order valence-corrected chi connectivity index (χ0v) is 75.5. The molecule has 0 aliphatic carbocycles. The maximum absolute atomic E-state index is 14.4. The van der Waals surface area contributed by atoms with Crippen molar-refractivity contribution in [3.63, 3.8) is 0 Å². The molecule has 1 heterocycles. The molecule has 0 spiro atoms. The molecule has 1 rings (SSSR count). The average molecular weight is 1720 g/mol. The number of nitrogens with two attached hydrogens (primary N) is 2. The van der Waals surface area contributed by atoms with Crippen LogP contribution in [0.2, 0.25) is 0 Å². The van der Waals surface area contributed by atoms with E-state index < -0.39 is 256 Å². The van der Waals surface area contributed by atoms with Gasteiger partial charge in [-0.1, -0.05) is 69.2 Å². The lowest BCUT2D eigenvalue weighted by atomic mass is 9.96. The van der Waals surface area contributed by atoms with Gasteiger partial charge in [-0.3, -0.25) is 95.9 Å². The topological polar surface area (TPSA) is 621 Å². The van der Waals surface area contributed by atoms with Crippen molar-refractivity contribution in [2.45, 2.75) is 331 Å². The van der Waals surface area contributed by atoms with E-state index in [1.54, 1.807) is 55.4 Å². The molecule has 9 atom stereocenters. The van der Waals surface area contributed by atoms with Crippen LogP contribution in [0.1, 0.15) is 238 Å². The molecule has 0 aromatic heterocycles. The molecule has 22 N–H and O–H groups in total. The number of primary amides is 2. The van der Waals surface area contributed by atoms with Gasteiger partial charge in [0, 0.05) is 26.3 Å². The van der Waals surface area contributed by atoms with E-state index in [0.29, 0.717) is 12.8 Å². The number of hydrogen-bond donors (Lipinski definition) is 20. The van der Waals surface area contributed by atoms with Gasteiger partial charge < -0.3 is 112 Å². The van der Waals surface area contributed by atoms with Crippen molar-refractivity contribution in [3.8, 4) is 0 Å². The second-order valence-corrected chi connectivity index (χ2v) is 36.7. The van der Waals surface area contributed by atoms with Gasteiger partial charge in [0.1, 0.15) is 87.1 Å². The maximum atomic E-state index is 14.4. The highest BCUT2D eigenvalue weighted by molar-refractivity contribution is 6.03. The van der Waals surface area contributed by atoms with Gasteiger partial charge in [-0.2, -0.15) is 0 Å². The first-order valence-electron chi connectivity index (χ1n) is 40.9. The fourth-order valence-electron chi connectivity index (χ4n) is 12.4. The summed E-state index contributed by atoms with van der Waals surface area (Å²) in [5.41, 5.74) is -1.19. The van der Waals surface area contributed by atoms with Gasteiger partial charge in [0.05, 0.1) is 25.7 Å². The smallest absolute Gasteiger partial charge is 0.248 e. The summed E-state index contributed by atoms with van der Waals surface area (Å²) in [6, 6.07) is -11.3. The Balaban J connectivity index is 3.19. The summed E-state index contributed by atoms with van der Waals surface area (Å²) in [7, 11) is 0. The van der Waals surface area contributed by atoms with Crippen LogP contribution in [0.25, 0.3) is 0 Å². The van der Waals surface area contributed by atoms with E-state index in [4.69, 9.17) is 11.5 Å². The lowest BCUT2D eigenvalue weighted by Gasteiger charge is -2.36. The molecule has 20 amide bonds. The minimum atomic E-state index is -1.84. The van der Waals surface area contributed by atoms with Crippen LogP contribution in [0.3, 0.4) is 0 Å². The van der Waals surface area contributed by atoms with Gasteiger partial charge in [0.15, 0.2) is 0 Å². The third-order valence-electron chi connectivity index (χ3n) is 19.5. The van der Waals surface area contributed by atoms with Crippen molar-refractivity contribution in [3.05, 3.63) is 0 Å². The predicted molar refractivity (Wildman–Crippen MR) is 445 cm³/mol. The van der Waals surface area contributed by atoms with Gasteiger partial charge in [0.25, 0.3) is 0 Å². The number of aliphatic hydroxyl groups excluding tert-OH is 1. The SMILES string of the molecule is CC(=O)NC(C)(C)C(=O)NCC(=O)NC(C)C(=O)NC(CC(C)C)C(=O)NC(C)(C)C(=O)NC(CCC(N)=O)C(=O)NC(C(=O)NC(C(=O)NC(C)(C)C(=O)NCC(=O)NC(C)(C)C(=O)NC(C)(C)C(=O)N1CCCC1C(=O)NC(CC(C)C)C(=O)NC(C)(C)C(=O)NC(C)(C)C(=O)NC(CCC(N)=O)C(=O)NC(CO)CC(C)C)C(C)C)C(C)C. The Morgan fingerprint density at radius 3 is 1.17 bits per heavy atom. The predicted octanol–water partition coefficient (Wildman–Crippen LogP) is -3.63. The first-order chi connectivity index (χ1) is 55.2. The minimum Gasteiger partial charge on any atom is -0.394 e. The number of amides is 20. The molecule has 1 aliphatic heterocycles. The van der Waals surface area contributed by atoms with Crippen LogP contribution < -0.4 is 102 Å². The highest BCUT2D eigenvalue weighted by Crippen LogP contribution is 2.25. The molecule has 121 heavy (non-hydrogen) atoms. The molecule has 0 saturated carbocycles. The quantitative estimate of drug-likeness (QED) is 0.0279. The molecule has 1 aliphatic rings. The van der Waals surface area contributed by atoms with E-state index >= 15 is 0 Å². The van der Waals surface area contributed by atoms with E-state index in [-0.39, 0.29) is 56.4 Å². The monoisotopic (exact) mass is 1720 g/mol. The zero-order chi connectivity index (χ0) is 93.9. The van der Waals surface area contributed by atoms with E-state index in [1.807, 2.05) is 13.8 Å². The van der Waals surface area contributed by atoms with Crippen molar-refractivity contribution in [1.82, 2.24) is 95.3 Å². The molecule has 686 valence electrons. The Bertz CT molecular complexity index is 3770. The Morgan fingerprint density at radius 1 is 0.372 bits per heavy atom. The van der Waals surface area contributed by atoms with E-state index in [9.17, 15) is 101 Å². The van der Waals surface area contributed by atoms with Crippen molar-refractivity contribution in [2.24, 2.45) is 41.1 Å². The summed E-state index contributed by atoms with van der Waals surface area (Å²) in [6.45, 7) is 36.9. The number of carbonyl (C=O) groups excluding carboxylic acids is 20. The Kier molecular flexibility index (Phi) is 41.6. The largest absolute Gasteiger partial charge is 0.394 e. The summed E-state index contributed by atoms with van der Waals surface area (Å²) < 4.78 is 0. The van der Waals surface area contributed by atoms with E-state index in [1.165, 1.54) is 116 Å². The maximum Gasteiger partial charge on any atom is 0.248 e. The zero-order valence-electron chi connectivity index (χ0n) is 75.5. The molecule has 0 radical (unpaired) electrons. The van der Waals surface area contributed by atoms with Crippen molar-refractivity contribution >= 4 is 118 Å². The van der Waals surface area contributed by atoms with Crippen LogP contribution in [-0.4, -0.2) is 248 Å². The van der Waals surface area contributed by atoms with Crippen LogP contribution in [0.4, 0.5) is 0 Å². The van der Waals surface area contributed by atoms with E-state index in [2.05, 4.69) is 90.4 Å². The van der Waals surface area contributed by atoms with Crippen LogP contribution in [0, 0.1) is 29.6 Å². The van der Waals surface area contributed by atoms with Gasteiger partial charge in [-0.25, -0.2) is 0 Å². The molecular weight excluding hydrogens is 1580 g/mol. The molecular formula is C80H140N20O21. The second kappa shape index (κ2) is 46.4. The number of rotatable bonds is 49. The molecule has 41 heteroatoms. The third kappa shape index (κ3) is 36.3. The second-order valence-electron chi connectivity index (χ2n) is 36.7. The molecule has 0 aromatic rings. The summed E-state index contributed by atoms with van der Waals surface area (Å²) in [5, 5.41) is 53.3. The highest BCUT2D eigenvalue weighted by Gasteiger charge is 2.47. The van der Waals surface area contributed by atoms with Crippen molar-refractivity contribution in [1.29, 1.82) is 0 Å². The van der Waals surface area contributed by atoms with Crippen LogP contribution in [-0.2, 0) is 95.9 Å². The fourth-order valence-corrected chi connectivity index (χ4v) is 12.4. The van der Waals surface area contributed by atoms with Crippen molar-refractivity contribution in [2.75, 3.05) is 26.2 Å². The lowest BCUT2D eigenvalue weighted by molar-refractivity contribution is -0.146. The standard InChI is InChI=1S/C80H140N20O21/c1-40(2)34-47(39-101)86-60(108)48(29-31-53(81)103)89-70(118)77(19,20)98-72(120)79(23,24)96-63(111)51(36-42(5)6)88-64(112)52-28-27-33-100(52)73(121)80(25,26)99-71(119)78(21,22)94-56(106)38-84-68(116)75(15,16)97-66(114)58(44(9)10)92-65(113)57(43(7)8)91-61(109)49(30-32-54(82)104)90-69(117)76(17,18)95-62(110)50(35-41(3)4)87-59(107)45(11)85-55(105)37-83-67(115)74(13,14)93-46(12)102/h40-45,47-52,57-58,101H,27-39H2,1-26H3,(H2,81,103)(H2,82,104)(H,83,115)(H,84,116)(H,85,105)(H,86,108)(H,87,107)(H,88,112)(H,89,118)(H,90,117)(H,91,109)(H,92,113)(H,93,102)(H,94,106)(H,95,110)(H,96,111)(H,97,114)(H,98,120)(H,99,119). The van der Waals surface area contributed by atoms with Crippen LogP contribution >= 0.6 is 0 Å². The molecule has 1 fully saturated rings. The number of aliphatic hydroxyl groups is 1. The van der Waals surface area contributed by atoms with E-state index in [0.717, 1.165) is 0 Å². The Morgan fingerprint density at radius 2 is 0.744 bits per heavy atom. The lowest BCUT2D eigenvalue weighted by Crippen LogP contribution is -2.66. The summed E-state index contributed by atoms with van der Waals surface area (Å²) in [6.07, 6.45) is -0.309. The third-order valence-corrected chi connectivity index (χ3v) is 19.5. The Hall–Kier alpha value is -10.6. The number of hydrogen-bond acceptors (Lipinski definition) is 21. The van der Waals surface area contributed by atoms with Gasteiger partial charge in [-0.15, -0.1) is 0 Å². The number of nitrogens with one attached hydrogen (secondary N) is 17. The Labute approximate surface area is 709 Å². The molecule has 1 saturated heterocycles. The van der Waals surface area contributed by atoms with Gasteiger partial charge >= 0.3 is 0 Å². The molecule has 0 aromatic carbocycles. The molecule has 41 nitrogen and oxygen atoms in total. The average Bonchev–Trinajstić information content (AvgIpc) is 1.74. The van der Waals surface area contributed by atoms with Gasteiger partial charge in [-0.05, 0) is 178 Å². The minimum absolute atomic E-state index is 0.0423. The molecule has 0 bridgehead atoms. The van der Waals surface area contributed by atoms with Crippen LogP contribution in [0.15, 0.2) is 0 Å². The number of carbonyl (C=O) groups is 20. The van der Waals surface area contributed by atoms with Crippen LogP contribution in [0.5, 0.6) is 0 Å². The summed E-state index contributed by atoms with van der Waals surface area (Å²) in [4.78, 5) is 271. The number of likely N-dealkylation sites (tertiary alicyclic amines) is 1. The molecule has 9 unspecified atom stereocenters. The van der Waals surface area contributed by atoms with Crippen molar-refractivity contribution < 1.29 is 101 Å².